The molecule has 0 radical (unpaired) electrons. The minimum Gasteiger partial charge on any atom is -0.325 e. The van der Waals surface area contributed by atoms with Crippen LogP contribution in [0.25, 0.3) is 0 Å². The SMILES string of the molecule is CC(C)NCCC(=O)Nc1ccc([N+](=O)[O-])cc1C#N. The van der Waals surface area contributed by atoms with E-state index in [4.69, 9.17) is 5.26 Å². The minimum atomic E-state index is -0.584. The third kappa shape index (κ3) is 4.66. The van der Waals surface area contributed by atoms with Crippen molar-refractivity contribution in [2.45, 2.75) is 26.3 Å². The molecule has 7 nitrogen and oxygen atoms in total. The van der Waals surface area contributed by atoms with Crippen LogP contribution >= 0.6 is 0 Å². The van der Waals surface area contributed by atoms with Crippen LogP contribution in [0, 0.1) is 21.4 Å². The molecule has 1 aromatic carbocycles. The first-order valence-electron chi connectivity index (χ1n) is 6.16. The summed E-state index contributed by atoms with van der Waals surface area (Å²) in [5.41, 5.74) is 0.179. The first-order chi connectivity index (χ1) is 9.43. The molecule has 106 valence electrons. The van der Waals surface area contributed by atoms with Gasteiger partial charge in [-0.25, -0.2) is 0 Å². The lowest BCUT2D eigenvalue weighted by atomic mass is 10.1. The van der Waals surface area contributed by atoms with Gasteiger partial charge in [-0.3, -0.25) is 14.9 Å². The zero-order chi connectivity index (χ0) is 15.1. The van der Waals surface area contributed by atoms with Crippen LogP contribution in [0.2, 0.25) is 0 Å². The highest BCUT2D eigenvalue weighted by molar-refractivity contribution is 5.92. The van der Waals surface area contributed by atoms with Crippen molar-refractivity contribution in [3.05, 3.63) is 33.9 Å². The number of nitro benzene ring substituents is 1. The summed E-state index contributed by atoms with van der Waals surface area (Å²) in [5, 5.41) is 25.2. The second-order valence-corrected chi connectivity index (χ2v) is 4.51. The smallest absolute Gasteiger partial charge is 0.270 e. The Kier molecular flexibility index (Phi) is 5.62. The Bertz CT molecular complexity index is 549. The van der Waals surface area contributed by atoms with E-state index < -0.39 is 4.92 Å². The van der Waals surface area contributed by atoms with E-state index in [9.17, 15) is 14.9 Å². The Morgan fingerprint density at radius 2 is 2.20 bits per heavy atom. The quantitative estimate of drug-likeness (QED) is 0.608. The van der Waals surface area contributed by atoms with Crippen LogP contribution in [0.5, 0.6) is 0 Å². The van der Waals surface area contributed by atoms with Gasteiger partial charge >= 0.3 is 0 Å². The molecule has 1 aromatic rings. The molecule has 0 saturated heterocycles. The first-order valence-corrected chi connectivity index (χ1v) is 6.16. The highest BCUT2D eigenvalue weighted by Crippen LogP contribution is 2.21. The van der Waals surface area contributed by atoms with Crippen LogP contribution in [-0.2, 0) is 4.79 Å². The molecule has 7 heteroatoms. The summed E-state index contributed by atoms with van der Waals surface area (Å²) in [5.74, 6) is -0.247. The molecule has 0 aromatic heterocycles. The molecule has 0 spiro atoms. The molecule has 0 fully saturated rings. The fourth-order valence-corrected chi connectivity index (χ4v) is 1.53. The highest BCUT2D eigenvalue weighted by atomic mass is 16.6. The molecular formula is C13H16N4O3. The summed E-state index contributed by atoms with van der Waals surface area (Å²) in [7, 11) is 0. The highest BCUT2D eigenvalue weighted by Gasteiger charge is 2.12. The van der Waals surface area contributed by atoms with Gasteiger partial charge in [0.15, 0.2) is 0 Å². The number of hydrogen-bond donors (Lipinski definition) is 2. The van der Waals surface area contributed by atoms with Gasteiger partial charge in [0.05, 0.1) is 16.2 Å². The Morgan fingerprint density at radius 3 is 2.75 bits per heavy atom. The molecule has 2 N–H and O–H groups in total. The molecule has 0 saturated carbocycles. The lowest BCUT2D eigenvalue weighted by molar-refractivity contribution is -0.384. The van der Waals surface area contributed by atoms with E-state index in [1.54, 1.807) is 0 Å². The molecule has 0 aliphatic heterocycles. The van der Waals surface area contributed by atoms with Crippen molar-refractivity contribution in [3.63, 3.8) is 0 Å². The van der Waals surface area contributed by atoms with E-state index in [0.29, 0.717) is 6.54 Å². The number of amides is 1. The summed E-state index contributed by atoms with van der Waals surface area (Å²) in [6.07, 6.45) is 0.264. The number of nitriles is 1. The summed E-state index contributed by atoms with van der Waals surface area (Å²) < 4.78 is 0. The van der Waals surface area contributed by atoms with Crippen molar-refractivity contribution >= 4 is 17.3 Å². The summed E-state index contributed by atoms with van der Waals surface area (Å²) in [4.78, 5) is 21.7. The van der Waals surface area contributed by atoms with Crippen LogP contribution < -0.4 is 10.6 Å². The third-order valence-corrected chi connectivity index (χ3v) is 2.51. The normalized spacial score (nSPS) is 10.1. The number of carbonyl (C=O) groups is 1. The number of rotatable bonds is 6. The molecule has 1 amide bonds. The molecule has 20 heavy (non-hydrogen) atoms. The number of benzene rings is 1. The van der Waals surface area contributed by atoms with Crippen molar-refractivity contribution in [1.82, 2.24) is 5.32 Å². The van der Waals surface area contributed by atoms with Crippen molar-refractivity contribution in [3.8, 4) is 6.07 Å². The number of anilines is 1. The molecule has 0 aliphatic carbocycles. The second-order valence-electron chi connectivity index (χ2n) is 4.51. The van der Waals surface area contributed by atoms with Crippen molar-refractivity contribution in [2.24, 2.45) is 0 Å². The fourth-order valence-electron chi connectivity index (χ4n) is 1.53. The van der Waals surface area contributed by atoms with Gasteiger partial charge in [-0.05, 0) is 6.07 Å². The number of non-ortho nitro benzene ring substituents is 1. The van der Waals surface area contributed by atoms with E-state index in [1.165, 1.54) is 12.1 Å². The maximum absolute atomic E-state index is 11.7. The van der Waals surface area contributed by atoms with Gasteiger partial charge in [0.2, 0.25) is 5.91 Å². The maximum Gasteiger partial charge on any atom is 0.270 e. The topological polar surface area (TPSA) is 108 Å². The molecular weight excluding hydrogens is 260 g/mol. The standard InChI is InChI=1S/C13H16N4O3/c1-9(2)15-6-5-13(18)16-12-4-3-11(17(19)20)7-10(12)8-14/h3-4,7,9,15H,5-6H2,1-2H3,(H,16,18). The lowest BCUT2D eigenvalue weighted by Gasteiger charge is -2.09. The van der Waals surface area contributed by atoms with Crippen LogP contribution in [0.1, 0.15) is 25.8 Å². The lowest BCUT2D eigenvalue weighted by Crippen LogP contribution is -2.27. The van der Waals surface area contributed by atoms with Crippen molar-refractivity contribution in [1.29, 1.82) is 5.26 Å². The summed E-state index contributed by atoms with van der Waals surface area (Å²) in [6, 6.07) is 5.88. The first kappa shape index (κ1) is 15.6. The van der Waals surface area contributed by atoms with E-state index in [0.717, 1.165) is 6.07 Å². The summed E-state index contributed by atoms with van der Waals surface area (Å²) >= 11 is 0. The van der Waals surface area contributed by atoms with Gasteiger partial charge in [0, 0.05) is 31.1 Å². The van der Waals surface area contributed by atoms with Gasteiger partial charge < -0.3 is 10.6 Å². The molecule has 0 atom stereocenters. The monoisotopic (exact) mass is 276 g/mol. The molecule has 1 rings (SSSR count). The maximum atomic E-state index is 11.7. The predicted molar refractivity (Wildman–Crippen MR) is 74.2 cm³/mol. The number of hydrogen-bond acceptors (Lipinski definition) is 5. The van der Waals surface area contributed by atoms with Gasteiger partial charge in [-0.15, -0.1) is 0 Å². The van der Waals surface area contributed by atoms with Crippen LogP contribution in [0.15, 0.2) is 18.2 Å². The van der Waals surface area contributed by atoms with Crippen LogP contribution in [0.3, 0.4) is 0 Å². The van der Waals surface area contributed by atoms with E-state index in [1.807, 2.05) is 19.9 Å². The summed E-state index contributed by atoms with van der Waals surface area (Å²) in [6.45, 7) is 4.47. The average molecular weight is 276 g/mol. The zero-order valence-electron chi connectivity index (χ0n) is 11.3. The molecule has 0 unspecified atom stereocenters. The molecule has 0 bridgehead atoms. The number of nitrogens with zero attached hydrogens (tertiary/aromatic N) is 2. The van der Waals surface area contributed by atoms with Gasteiger partial charge in [-0.1, -0.05) is 13.8 Å². The van der Waals surface area contributed by atoms with Gasteiger partial charge in [0.25, 0.3) is 5.69 Å². The van der Waals surface area contributed by atoms with Crippen LogP contribution in [-0.4, -0.2) is 23.4 Å². The Morgan fingerprint density at radius 1 is 1.50 bits per heavy atom. The predicted octanol–water partition coefficient (Wildman–Crippen LogP) is 1.79. The second kappa shape index (κ2) is 7.21. The van der Waals surface area contributed by atoms with Crippen LogP contribution in [0.4, 0.5) is 11.4 Å². The Balaban J connectivity index is 2.70. The van der Waals surface area contributed by atoms with Gasteiger partial charge in [0.1, 0.15) is 6.07 Å². The molecule has 0 aliphatic rings. The fraction of sp³-hybridized carbons (Fsp3) is 0.385. The number of carbonyl (C=O) groups excluding carboxylic acids is 1. The largest absolute Gasteiger partial charge is 0.325 e. The number of nitro groups is 1. The van der Waals surface area contributed by atoms with Gasteiger partial charge in [-0.2, -0.15) is 5.26 Å². The minimum absolute atomic E-state index is 0.0735. The molecule has 0 heterocycles. The average Bonchev–Trinajstić information content (AvgIpc) is 2.38. The van der Waals surface area contributed by atoms with E-state index >= 15 is 0 Å². The Labute approximate surface area is 116 Å². The van der Waals surface area contributed by atoms with Crippen molar-refractivity contribution in [2.75, 3.05) is 11.9 Å². The zero-order valence-corrected chi connectivity index (χ0v) is 11.3. The number of nitrogens with one attached hydrogen (secondary N) is 2. The third-order valence-electron chi connectivity index (χ3n) is 2.51. The van der Waals surface area contributed by atoms with Crippen molar-refractivity contribution < 1.29 is 9.72 Å². The Hall–Kier alpha value is -2.46. The van der Waals surface area contributed by atoms with E-state index in [2.05, 4.69) is 10.6 Å². The van der Waals surface area contributed by atoms with E-state index in [-0.39, 0.29) is 35.3 Å².